The van der Waals surface area contributed by atoms with E-state index in [1.54, 1.807) is 0 Å². The van der Waals surface area contributed by atoms with E-state index in [1.807, 2.05) is 12.1 Å². The second kappa shape index (κ2) is 5.51. The Balaban J connectivity index is 1.78. The van der Waals surface area contributed by atoms with Crippen LogP contribution in [0.4, 0.5) is 5.69 Å². The van der Waals surface area contributed by atoms with Gasteiger partial charge in [0.25, 0.3) is 0 Å². The van der Waals surface area contributed by atoms with Crippen LogP contribution in [-0.4, -0.2) is 25.2 Å². The Morgan fingerprint density at radius 3 is 2.58 bits per heavy atom. The van der Waals surface area contributed by atoms with E-state index >= 15 is 0 Å². The molecule has 1 aliphatic heterocycles. The van der Waals surface area contributed by atoms with Gasteiger partial charge < -0.3 is 10.2 Å². The zero-order valence-corrected chi connectivity index (χ0v) is 12.6. The number of nitrogens with one attached hydrogen (secondary N) is 1. The molecule has 104 valence electrons. The normalized spacial score (nSPS) is 22.7. The number of hydrogen-bond donors (Lipinski definition) is 1. The summed E-state index contributed by atoms with van der Waals surface area (Å²) in [5.74, 6) is 0. The van der Waals surface area contributed by atoms with Gasteiger partial charge in [-0.1, -0.05) is 42.5 Å². The highest BCUT2D eigenvalue weighted by atomic mass is 35.5. The first-order valence-corrected chi connectivity index (χ1v) is 7.89. The van der Waals surface area contributed by atoms with E-state index in [-0.39, 0.29) is 0 Å². The van der Waals surface area contributed by atoms with E-state index in [4.69, 9.17) is 23.2 Å². The molecule has 0 atom stereocenters. The number of halogens is 2. The Kier molecular flexibility index (Phi) is 3.93. The summed E-state index contributed by atoms with van der Waals surface area (Å²) < 4.78 is 0. The molecule has 0 amide bonds. The Hall–Kier alpha value is -0.440. The van der Waals surface area contributed by atoms with Crippen molar-refractivity contribution in [2.24, 2.45) is 0 Å². The van der Waals surface area contributed by atoms with Gasteiger partial charge in [-0.05, 0) is 31.0 Å². The van der Waals surface area contributed by atoms with E-state index in [2.05, 4.69) is 16.3 Å². The van der Waals surface area contributed by atoms with E-state index < -0.39 is 0 Å². The SMILES string of the molecule is Clc1ccc(N2CCNC3(CCCCC3)C2)cc1Cl. The van der Waals surface area contributed by atoms with Crippen molar-refractivity contribution in [3.05, 3.63) is 28.2 Å². The molecule has 1 aromatic carbocycles. The molecule has 0 radical (unpaired) electrons. The molecule has 4 heteroatoms. The van der Waals surface area contributed by atoms with Gasteiger partial charge in [0.15, 0.2) is 0 Å². The van der Waals surface area contributed by atoms with E-state index in [0.29, 0.717) is 15.6 Å². The Morgan fingerprint density at radius 1 is 1.05 bits per heavy atom. The molecular weight excluding hydrogens is 279 g/mol. The lowest BCUT2D eigenvalue weighted by Crippen LogP contribution is -2.61. The van der Waals surface area contributed by atoms with Crippen molar-refractivity contribution in [1.82, 2.24) is 5.32 Å². The minimum atomic E-state index is 0.322. The highest BCUT2D eigenvalue weighted by molar-refractivity contribution is 6.42. The monoisotopic (exact) mass is 298 g/mol. The van der Waals surface area contributed by atoms with Crippen molar-refractivity contribution in [1.29, 1.82) is 0 Å². The van der Waals surface area contributed by atoms with Gasteiger partial charge in [0, 0.05) is 30.9 Å². The van der Waals surface area contributed by atoms with Gasteiger partial charge in [0.1, 0.15) is 0 Å². The lowest BCUT2D eigenvalue weighted by Gasteiger charge is -2.47. The molecule has 1 N–H and O–H groups in total. The third kappa shape index (κ3) is 2.86. The van der Waals surface area contributed by atoms with Crippen LogP contribution in [-0.2, 0) is 0 Å². The molecule has 1 spiro atoms. The molecule has 0 aromatic heterocycles. The summed E-state index contributed by atoms with van der Waals surface area (Å²) in [6.45, 7) is 3.19. The molecule has 19 heavy (non-hydrogen) atoms. The molecule has 3 rings (SSSR count). The van der Waals surface area contributed by atoms with Crippen molar-refractivity contribution < 1.29 is 0 Å². The first-order valence-electron chi connectivity index (χ1n) is 7.14. The molecule has 0 bridgehead atoms. The summed E-state index contributed by atoms with van der Waals surface area (Å²) >= 11 is 12.1. The van der Waals surface area contributed by atoms with Gasteiger partial charge in [0.05, 0.1) is 10.0 Å². The molecular formula is C15H20Cl2N2. The van der Waals surface area contributed by atoms with Crippen LogP contribution in [0.25, 0.3) is 0 Å². The van der Waals surface area contributed by atoms with Gasteiger partial charge in [-0.3, -0.25) is 0 Å². The minimum absolute atomic E-state index is 0.322. The maximum absolute atomic E-state index is 6.14. The van der Waals surface area contributed by atoms with Crippen molar-refractivity contribution in [2.45, 2.75) is 37.6 Å². The maximum atomic E-state index is 6.14. The number of anilines is 1. The molecule has 1 heterocycles. The second-order valence-corrected chi connectivity index (χ2v) is 6.60. The molecule has 2 nitrogen and oxygen atoms in total. The zero-order chi connectivity index (χ0) is 13.3. The quantitative estimate of drug-likeness (QED) is 0.839. The zero-order valence-electron chi connectivity index (χ0n) is 11.1. The Bertz CT molecular complexity index is 450. The maximum Gasteiger partial charge on any atom is 0.0612 e. The van der Waals surface area contributed by atoms with Crippen LogP contribution >= 0.6 is 23.2 Å². The number of benzene rings is 1. The van der Waals surface area contributed by atoms with Crippen LogP contribution < -0.4 is 10.2 Å². The summed E-state index contributed by atoms with van der Waals surface area (Å²) in [4.78, 5) is 2.45. The molecule has 2 fully saturated rings. The van der Waals surface area contributed by atoms with E-state index in [1.165, 1.54) is 37.8 Å². The average molecular weight is 299 g/mol. The van der Waals surface area contributed by atoms with E-state index in [9.17, 15) is 0 Å². The largest absolute Gasteiger partial charge is 0.368 e. The smallest absolute Gasteiger partial charge is 0.0612 e. The van der Waals surface area contributed by atoms with Crippen LogP contribution in [0, 0.1) is 0 Å². The van der Waals surface area contributed by atoms with Crippen LogP contribution in [0.3, 0.4) is 0 Å². The van der Waals surface area contributed by atoms with Crippen LogP contribution in [0.1, 0.15) is 32.1 Å². The Labute approximate surface area is 125 Å². The molecule has 1 saturated heterocycles. The minimum Gasteiger partial charge on any atom is -0.368 e. The second-order valence-electron chi connectivity index (χ2n) is 5.79. The lowest BCUT2D eigenvalue weighted by molar-refractivity contribution is 0.216. The van der Waals surface area contributed by atoms with Crippen LogP contribution in [0.2, 0.25) is 10.0 Å². The molecule has 1 saturated carbocycles. The third-order valence-electron chi connectivity index (χ3n) is 4.45. The number of piperazine rings is 1. The van der Waals surface area contributed by atoms with Gasteiger partial charge in [-0.15, -0.1) is 0 Å². The Morgan fingerprint density at radius 2 is 1.84 bits per heavy atom. The summed E-state index contributed by atoms with van der Waals surface area (Å²) in [7, 11) is 0. The fourth-order valence-corrected chi connectivity index (χ4v) is 3.71. The topological polar surface area (TPSA) is 15.3 Å². The van der Waals surface area contributed by atoms with Gasteiger partial charge in [0.2, 0.25) is 0 Å². The number of nitrogens with zero attached hydrogens (tertiary/aromatic N) is 1. The fourth-order valence-electron chi connectivity index (χ4n) is 3.42. The first-order chi connectivity index (χ1) is 9.19. The standard InChI is InChI=1S/C15H20Cl2N2/c16-13-5-4-12(10-14(13)17)19-9-8-18-15(11-19)6-2-1-3-7-15/h4-5,10,18H,1-3,6-9,11H2. The number of rotatable bonds is 1. The van der Waals surface area contributed by atoms with Crippen LogP contribution in [0.15, 0.2) is 18.2 Å². The lowest BCUT2D eigenvalue weighted by atomic mass is 9.80. The van der Waals surface area contributed by atoms with Crippen molar-refractivity contribution in [2.75, 3.05) is 24.5 Å². The van der Waals surface area contributed by atoms with Crippen molar-refractivity contribution in [3.63, 3.8) is 0 Å². The van der Waals surface area contributed by atoms with Gasteiger partial charge in [-0.25, -0.2) is 0 Å². The predicted octanol–water partition coefficient (Wildman–Crippen LogP) is 4.11. The number of hydrogen-bond acceptors (Lipinski definition) is 2. The fraction of sp³-hybridized carbons (Fsp3) is 0.600. The highest BCUT2D eigenvalue weighted by Crippen LogP contribution is 2.34. The summed E-state index contributed by atoms with van der Waals surface area (Å²) in [5.41, 5.74) is 1.52. The molecule has 0 unspecified atom stereocenters. The summed E-state index contributed by atoms with van der Waals surface area (Å²) in [6, 6.07) is 5.97. The van der Waals surface area contributed by atoms with Gasteiger partial charge in [-0.2, -0.15) is 0 Å². The van der Waals surface area contributed by atoms with Crippen molar-refractivity contribution in [3.8, 4) is 0 Å². The first kappa shape index (κ1) is 13.5. The molecule has 1 aliphatic carbocycles. The van der Waals surface area contributed by atoms with Gasteiger partial charge >= 0.3 is 0 Å². The summed E-state index contributed by atoms with van der Waals surface area (Å²) in [6.07, 6.45) is 6.68. The third-order valence-corrected chi connectivity index (χ3v) is 5.19. The van der Waals surface area contributed by atoms with Crippen molar-refractivity contribution >= 4 is 28.9 Å². The highest BCUT2D eigenvalue weighted by Gasteiger charge is 2.36. The average Bonchev–Trinajstić information content (AvgIpc) is 2.43. The van der Waals surface area contributed by atoms with Crippen LogP contribution in [0.5, 0.6) is 0 Å². The predicted molar refractivity (Wildman–Crippen MR) is 82.5 cm³/mol. The van der Waals surface area contributed by atoms with E-state index in [0.717, 1.165) is 19.6 Å². The molecule has 2 aliphatic rings. The molecule has 1 aromatic rings. The summed E-state index contributed by atoms with van der Waals surface area (Å²) in [5, 5.41) is 5.04.